The van der Waals surface area contributed by atoms with Gasteiger partial charge in [-0.2, -0.15) is 0 Å². The molecular formula is C13H23N3O2. The SMILES string of the molecule is CC(C)C1C(=O)NCCN1C(=O)C1CCCNC1. The molecule has 2 aliphatic rings. The Morgan fingerprint density at radius 2 is 2.17 bits per heavy atom. The molecule has 102 valence electrons. The fraction of sp³-hybridized carbons (Fsp3) is 0.846. The summed E-state index contributed by atoms with van der Waals surface area (Å²) in [6.07, 6.45) is 1.98. The second-order valence-corrected chi connectivity index (χ2v) is 5.55. The first-order valence-corrected chi connectivity index (χ1v) is 6.90. The van der Waals surface area contributed by atoms with Gasteiger partial charge in [0.25, 0.3) is 0 Å². The standard InChI is InChI=1S/C13H23N3O2/c1-9(2)11-12(17)15-6-7-16(11)13(18)10-4-3-5-14-8-10/h9-11,14H,3-8H2,1-2H3,(H,15,17). The van der Waals surface area contributed by atoms with E-state index in [0.29, 0.717) is 13.1 Å². The molecule has 2 saturated heterocycles. The number of rotatable bonds is 2. The highest BCUT2D eigenvalue weighted by atomic mass is 16.2. The van der Waals surface area contributed by atoms with Gasteiger partial charge in [-0.3, -0.25) is 9.59 Å². The van der Waals surface area contributed by atoms with Crippen LogP contribution in [0.5, 0.6) is 0 Å². The van der Waals surface area contributed by atoms with Gasteiger partial charge in [0.2, 0.25) is 11.8 Å². The normalized spacial score (nSPS) is 29.3. The fourth-order valence-corrected chi connectivity index (χ4v) is 2.89. The van der Waals surface area contributed by atoms with Crippen LogP contribution in [0.1, 0.15) is 26.7 Å². The van der Waals surface area contributed by atoms with Crippen LogP contribution in [0.25, 0.3) is 0 Å². The molecule has 0 saturated carbocycles. The van der Waals surface area contributed by atoms with Gasteiger partial charge in [0, 0.05) is 19.6 Å². The fourth-order valence-electron chi connectivity index (χ4n) is 2.89. The molecule has 2 N–H and O–H groups in total. The van der Waals surface area contributed by atoms with Crippen molar-refractivity contribution in [1.29, 1.82) is 0 Å². The summed E-state index contributed by atoms with van der Waals surface area (Å²) < 4.78 is 0. The molecule has 2 atom stereocenters. The summed E-state index contributed by atoms with van der Waals surface area (Å²) in [4.78, 5) is 26.2. The highest BCUT2D eigenvalue weighted by Crippen LogP contribution is 2.20. The summed E-state index contributed by atoms with van der Waals surface area (Å²) in [6, 6.07) is -0.298. The average molecular weight is 253 g/mol. The largest absolute Gasteiger partial charge is 0.353 e. The van der Waals surface area contributed by atoms with Crippen LogP contribution in [0.15, 0.2) is 0 Å². The highest BCUT2D eigenvalue weighted by Gasteiger charge is 2.37. The van der Waals surface area contributed by atoms with Crippen molar-refractivity contribution in [3.8, 4) is 0 Å². The Bertz CT molecular complexity index is 324. The molecule has 0 aromatic rings. The quantitative estimate of drug-likeness (QED) is 0.726. The van der Waals surface area contributed by atoms with E-state index >= 15 is 0 Å². The van der Waals surface area contributed by atoms with Gasteiger partial charge in [0.1, 0.15) is 6.04 Å². The first kappa shape index (κ1) is 13.3. The van der Waals surface area contributed by atoms with E-state index in [1.165, 1.54) is 0 Å². The maximum absolute atomic E-state index is 12.5. The number of carbonyl (C=O) groups is 2. The van der Waals surface area contributed by atoms with E-state index in [1.54, 1.807) is 4.90 Å². The van der Waals surface area contributed by atoms with Crippen LogP contribution in [0, 0.1) is 11.8 Å². The zero-order valence-corrected chi connectivity index (χ0v) is 11.2. The topological polar surface area (TPSA) is 61.4 Å². The Labute approximate surface area is 108 Å². The minimum atomic E-state index is -0.298. The lowest BCUT2D eigenvalue weighted by atomic mass is 9.94. The third kappa shape index (κ3) is 2.66. The van der Waals surface area contributed by atoms with Crippen molar-refractivity contribution < 1.29 is 9.59 Å². The Morgan fingerprint density at radius 1 is 1.39 bits per heavy atom. The van der Waals surface area contributed by atoms with E-state index in [2.05, 4.69) is 10.6 Å². The van der Waals surface area contributed by atoms with Gasteiger partial charge >= 0.3 is 0 Å². The molecule has 2 heterocycles. The monoisotopic (exact) mass is 253 g/mol. The minimum absolute atomic E-state index is 0.00614. The van der Waals surface area contributed by atoms with Crippen molar-refractivity contribution in [2.45, 2.75) is 32.7 Å². The van der Waals surface area contributed by atoms with E-state index in [1.807, 2.05) is 13.8 Å². The molecule has 2 fully saturated rings. The van der Waals surface area contributed by atoms with E-state index < -0.39 is 0 Å². The first-order valence-electron chi connectivity index (χ1n) is 6.90. The smallest absolute Gasteiger partial charge is 0.243 e. The Hall–Kier alpha value is -1.10. The summed E-state index contributed by atoms with van der Waals surface area (Å²) >= 11 is 0. The maximum Gasteiger partial charge on any atom is 0.243 e. The zero-order chi connectivity index (χ0) is 13.1. The zero-order valence-electron chi connectivity index (χ0n) is 11.2. The minimum Gasteiger partial charge on any atom is -0.353 e. The summed E-state index contributed by atoms with van der Waals surface area (Å²) in [5.74, 6) is 0.348. The highest BCUT2D eigenvalue weighted by molar-refractivity contribution is 5.90. The second kappa shape index (κ2) is 5.69. The molecule has 5 nitrogen and oxygen atoms in total. The molecule has 2 amide bonds. The lowest BCUT2D eigenvalue weighted by Crippen LogP contribution is -2.61. The summed E-state index contributed by atoms with van der Waals surface area (Å²) in [6.45, 7) is 6.96. The van der Waals surface area contributed by atoms with Gasteiger partial charge < -0.3 is 15.5 Å². The van der Waals surface area contributed by atoms with Gasteiger partial charge in [-0.05, 0) is 25.3 Å². The van der Waals surface area contributed by atoms with E-state index in [4.69, 9.17) is 0 Å². The van der Waals surface area contributed by atoms with Crippen molar-refractivity contribution in [2.75, 3.05) is 26.2 Å². The van der Waals surface area contributed by atoms with Crippen LogP contribution in [-0.2, 0) is 9.59 Å². The van der Waals surface area contributed by atoms with Gasteiger partial charge in [0.15, 0.2) is 0 Å². The van der Waals surface area contributed by atoms with Crippen LogP contribution in [-0.4, -0.2) is 48.9 Å². The van der Waals surface area contributed by atoms with E-state index in [9.17, 15) is 9.59 Å². The van der Waals surface area contributed by atoms with Crippen molar-refractivity contribution in [1.82, 2.24) is 15.5 Å². The number of nitrogens with zero attached hydrogens (tertiary/aromatic N) is 1. The molecule has 0 aromatic heterocycles. The number of hydrogen-bond acceptors (Lipinski definition) is 3. The predicted octanol–water partition coefficient (Wildman–Crippen LogP) is -0.0310. The summed E-state index contributed by atoms with van der Waals surface area (Å²) in [5.41, 5.74) is 0. The van der Waals surface area contributed by atoms with Crippen LogP contribution in [0.2, 0.25) is 0 Å². The molecule has 0 radical (unpaired) electrons. The number of hydrogen-bond donors (Lipinski definition) is 2. The van der Waals surface area contributed by atoms with Gasteiger partial charge in [0.05, 0.1) is 5.92 Å². The number of amides is 2. The Kier molecular flexibility index (Phi) is 4.22. The lowest BCUT2D eigenvalue weighted by molar-refractivity contribution is -0.148. The third-order valence-corrected chi connectivity index (χ3v) is 3.82. The van der Waals surface area contributed by atoms with Gasteiger partial charge in [-0.15, -0.1) is 0 Å². The van der Waals surface area contributed by atoms with Crippen molar-refractivity contribution in [2.24, 2.45) is 11.8 Å². The van der Waals surface area contributed by atoms with Crippen LogP contribution in [0.3, 0.4) is 0 Å². The molecule has 2 rings (SSSR count). The molecule has 2 aliphatic heterocycles. The summed E-state index contributed by atoms with van der Waals surface area (Å²) in [7, 11) is 0. The number of nitrogens with one attached hydrogen (secondary N) is 2. The number of piperidine rings is 1. The molecule has 0 aliphatic carbocycles. The van der Waals surface area contributed by atoms with Crippen molar-refractivity contribution in [3.05, 3.63) is 0 Å². The number of carbonyl (C=O) groups excluding carboxylic acids is 2. The van der Waals surface area contributed by atoms with Gasteiger partial charge in [-0.1, -0.05) is 13.8 Å². The maximum atomic E-state index is 12.5. The van der Waals surface area contributed by atoms with Crippen LogP contribution < -0.4 is 10.6 Å². The first-order chi connectivity index (χ1) is 8.61. The predicted molar refractivity (Wildman–Crippen MR) is 68.9 cm³/mol. The molecule has 2 unspecified atom stereocenters. The molecule has 0 aromatic carbocycles. The molecular weight excluding hydrogens is 230 g/mol. The Morgan fingerprint density at radius 3 is 2.78 bits per heavy atom. The summed E-state index contributed by atoms with van der Waals surface area (Å²) in [5, 5.41) is 6.11. The van der Waals surface area contributed by atoms with Crippen molar-refractivity contribution >= 4 is 11.8 Å². The molecule has 5 heteroatoms. The lowest BCUT2D eigenvalue weighted by Gasteiger charge is -2.39. The molecule has 0 spiro atoms. The third-order valence-electron chi connectivity index (χ3n) is 3.82. The van der Waals surface area contributed by atoms with Crippen molar-refractivity contribution in [3.63, 3.8) is 0 Å². The molecule has 0 bridgehead atoms. The second-order valence-electron chi connectivity index (χ2n) is 5.55. The van der Waals surface area contributed by atoms with E-state index in [-0.39, 0.29) is 29.7 Å². The average Bonchev–Trinajstić information content (AvgIpc) is 2.38. The Balaban J connectivity index is 2.08. The van der Waals surface area contributed by atoms with Gasteiger partial charge in [-0.25, -0.2) is 0 Å². The molecule has 18 heavy (non-hydrogen) atoms. The number of piperazine rings is 1. The van der Waals surface area contributed by atoms with Crippen LogP contribution >= 0.6 is 0 Å². The van der Waals surface area contributed by atoms with E-state index in [0.717, 1.165) is 25.9 Å². The van der Waals surface area contributed by atoms with Crippen LogP contribution in [0.4, 0.5) is 0 Å².